The van der Waals surface area contributed by atoms with Crippen molar-refractivity contribution in [1.29, 1.82) is 0 Å². The summed E-state index contributed by atoms with van der Waals surface area (Å²) < 4.78 is 0. The van der Waals surface area contributed by atoms with Gasteiger partial charge in [0.1, 0.15) is 0 Å². The van der Waals surface area contributed by atoms with Gasteiger partial charge in [-0.15, -0.1) is 0 Å². The van der Waals surface area contributed by atoms with Gasteiger partial charge in [0.25, 0.3) is 0 Å². The Morgan fingerprint density at radius 1 is 0.500 bits per heavy atom. The van der Waals surface area contributed by atoms with Crippen LogP contribution in [0.25, 0.3) is 59.3 Å². The Labute approximate surface area is 170 Å². The summed E-state index contributed by atoms with van der Waals surface area (Å²) in [6, 6.07) is 17.3. The van der Waals surface area contributed by atoms with Crippen molar-refractivity contribution in [2.24, 2.45) is 0 Å². The predicted octanol–water partition coefficient (Wildman–Crippen LogP) is 5.82. The van der Waals surface area contributed by atoms with Crippen molar-refractivity contribution in [3.8, 4) is 11.4 Å². The average molecular weight is 420 g/mol. The van der Waals surface area contributed by atoms with Gasteiger partial charge in [0.15, 0.2) is 0 Å². The molecule has 0 fully saturated rings. The van der Waals surface area contributed by atoms with E-state index in [1.165, 1.54) is 14.7 Å². The molecule has 0 spiro atoms. The van der Waals surface area contributed by atoms with Gasteiger partial charge in [0.2, 0.25) is 0 Å². The van der Waals surface area contributed by atoms with Crippen LogP contribution in [0.1, 0.15) is 0 Å². The van der Waals surface area contributed by atoms with E-state index in [2.05, 4.69) is 15.0 Å². The molecule has 0 saturated heterocycles. The van der Waals surface area contributed by atoms with E-state index < -0.39 is 0 Å². The first kappa shape index (κ1) is 28.7. The van der Waals surface area contributed by atoms with E-state index >= 15 is 0 Å². The minimum Gasteiger partial charge on any atom is -0.373 e. The summed E-state index contributed by atoms with van der Waals surface area (Å²) >= 11 is 0. The fraction of sp³-hybridized carbons (Fsp3) is 0. The van der Waals surface area contributed by atoms with Crippen LogP contribution in [0.2, 0.25) is 0 Å². The maximum absolute atomic E-state index is 6.75. The standard InChI is InChI=1S/C10H8N2.C5H5N.Co.3N3/c1-3-7-11-9(5-1)10-6-2-4-8-12-10;1-2-4-6-5-3-1;;3*1-3-2/h1-8H;1-5H;;;;/q;;+3;3*-1. The van der Waals surface area contributed by atoms with Crippen molar-refractivity contribution in [1.82, 2.24) is 15.0 Å². The topological polar surface area (TPSA) is 215 Å². The summed E-state index contributed by atoms with van der Waals surface area (Å²) in [4.78, 5) is 16.7. The molecule has 0 unspecified atom stereocenters. The Kier molecular flexibility index (Phi) is 25.7. The number of aromatic nitrogens is 3. The van der Waals surface area contributed by atoms with Crippen LogP contribution in [-0.2, 0) is 16.8 Å². The largest absolute Gasteiger partial charge is 3.00 e. The number of nitrogens with zero attached hydrogens (tertiary/aromatic N) is 12. The minimum absolute atomic E-state index is 0. The summed E-state index contributed by atoms with van der Waals surface area (Å²) in [7, 11) is 0. The van der Waals surface area contributed by atoms with Crippen molar-refractivity contribution >= 4 is 0 Å². The van der Waals surface area contributed by atoms with Crippen molar-refractivity contribution in [3.63, 3.8) is 0 Å². The maximum atomic E-state index is 6.75. The van der Waals surface area contributed by atoms with E-state index in [0.717, 1.165) is 11.4 Å². The second kappa shape index (κ2) is 25.1. The molecular formula is C15H13CoN12. The zero-order chi connectivity index (χ0) is 20.6. The van der Waals surface area contributed by atoms with E-state index in [4.69, 9.17) is 33.2 Å². The molecule has 0 aliphatic rings. The van der Waals surface area contributed by atoms with Gasteiger partial charge >= 0.3 is 16.8 Å². The molecule has 13 heteroatoms. The molecule has 12 nitrogen and oxygen atoms in total. The third-order valence-corrected chi connectivity index (χ3v) is 2.16. The van der Waals surface area contributed by atoms with Gasteiger partial charge in [-0.25, -0.2) is 0 Å². The molecule has 0 radical (unpaired) electrons. The number of pyridine rings is 3. The Bertz CT molecular complexity index is 703. The minimum atomic E-state index is 0. The summed E-state index contributed by atoms with van der Waals surface area (Å²) in [5.41, 5.74) is 42.3. The molecule has 0 amide bonds. The van der Waals surface area contributed by atoms with E-state index in [-0.39, 0.29) is 16.8 Å². The fourth-order valence-corrected chi connectivity index (χ4v) is 1.34. The second-order valence-corrected chi connectivity index (χ2v) is 3.72. The molecule has 0 aromatic carbocycles. The Hall–Kier alpha value is -4.11. The molecule has 0 aliphatic heterocycles. The van der Waals surface area contributed by atoms with E-state index in [1.54, 1.807) is 24.8 Å². The third-order valence-electron chi connectivity index (χ3n) is 2.16. The molecule has 3 aromatic heterocycles. The SMILES string of the molecule is [Co+3].[N-]=[N+]=[N-].[N-]=[N+]=[N-].[N-]=[N+]=[N-].c1ccc(-c2ccccn2)nc1.c1ccncc1. The summed E-state index contributed by atoms with van der Waals surface area (Å²) in [6.45, 7) is 0. The molecule has 3 rings (SSSR count). The first-order valence-corrected chi connectivity index (χ1v) is 6.84. The fourth-order valence-electron chi connectivity index (χ4n) is 1.34. The normalized spacial score (nSPS) is 6.71. The van der Waals surface area contributed by atoms with Crippen LogP contribution >= 0.6 is 0 Å². The van der Waals surface area contributed by atoms with Gasteiger partial charge in [0.05, 0.1) is 11.4 Å². The molecule has 3 heterocycles. The quantitative estimate of drug-likeness (QED) is 0.270. The van der Waals surface area contributed by atoms with Crippen molar-refractivity contribution in [2.45, 2.75) is 0 Å². The Morgan fingerprint density at radius 3 is 1.00 bits per heavy atom. The monoisotopic (exact) mass is 420 g/mol. The molecule has 28 heavy (non-hydrogen) atoms. The van der Waals surface area contributed by atoms with Crippen LogP contribution in [0.3, 0.4) is 0 Å². The van der Waals surface area contributed by atoms with Crippen LogP contribution in [0.4, 0.5) is 0 Å². The summed E-state index contributed by atoms with van der Waals surface area (Å²) in [5, 5.41) is 0. The number of rotatable bonds is 1. The summed E-state index contributed by atoms with van der Waals surface area (Å²) in [5.74, 6) is 0. The van der Waals surface area contributed by atoms with Crippen LogP contribution < -0.4 is 0 Å². The molecule has 0 atom stereocenters. The second-order valence-electron chi connectivity index (χ2n) is 3.72. The Morgan fingerprint density at radius 2 is 0.821 bits per heavy atom. The molecular weight excluding hydrogens is 407 g/mol. The van der Waals surface area contributed by atoms with E-state index in [1.807, 2.05) is 54.6 Å². The molecule has 142 valence electrons. The molecule has 3 aromatic rings. The summed E-state index contributed by atoms with van der Waals surface area (Å²) in [6.07, 6.45) is 7.04. The van der Waals surface area contributed by atoms with Crippen molar-refractivity contribution in [2.75, 3.05) is 0 Å². The van der Waals surface area contributed by atoms with Gasteiger partial charge < -0.3 is 33.2 Å². The van der Waals surface area contributed by atoms with Crippen LogP contribution in [0.5, 0.6) is 0 Å². The van der Waals surface area contributed by atoms with Gasteiger partial charge in [0, 0.05) is 24.8 Å². The van der Waals surface area contributed by atoms with Gasteiger partial charge in [-0.05, 0) is 36.4 Å². The number of hydrogen-bond donors (Lipinski definition) is 0. The smallest absolute Gasteiger partial charge is 0.373 e. The van der Waals surface area contributed by atoms with Crippen molar-refractivity contribution in [3.05, 3.63) is 127 Å². The van der Waals surface area contributed by atoms with Gasteiger partial charge in [-0.2, -0.15) is 0 Å². The Balaban J connectivity index is -0.000000331. The third kappa shape index (κ3) is 19.9. The van der Waals surface area contributed by atoms with Crippen LogP contribution in [0, 0.1) is 0 Å². The predicted molar refractivity (Wildman–Crippen MR) is 102 cm³/mol. The zero-order valence-corrected chi connectivity index (χ0v) is 15.2. The molecule has 0 N–H and O–H groups in total. The van der Waals surface area contributed by atoms with E-state index in [9.17, 15) is 0 Å². The maximum Gasteiger partial charge on any atom is 3.00 e. The van der Waals surface area contributed by atoms with Gasteiger partial charge in [-0.3, -0.25) is 29.7 Å². The zero-order valence-electron chi connectivity index (χ0n) is 14.2. The molecule has 0 saturated carbocycles. The first-order chi connectivity index (χ1) is 13.2. The van der Waals surface area contributed by atoms with Crippen LogP contribution in [0.15, 0.2) is 79.4 Å². The first-order valence-electron chi connectivity index (χ1n) is 6.84. The van der Waals surface area contributed by atoms with Crippen LogP contribution in [-0.4, -0.2) is 15.0 Å². The van der Waals surface area contributed by atoms with Gasteiger partial charge in [-0.1, -0.05) is 18.2 Å². The average Bonchev–Trinajstić information content (AvgIpc) is 2.73. The number of hydrogen-bond acceptors (Lipinski definition) is 3. The van der Waals surface area contributed by atoms with Crippen molar-refractivity contribution < 1.29 is 16.8 Å². The van der Waals surface area contributed by atoms with E-state index in [0.29, 0.717) is 0 Å². The molecule has 0 bridgehead atoms. The molecule has 0 aliphatic carbocycles.